The summed E-state index contributed by atoms with van der Waals surface area (Å²) >= 11 is 0. The summed E-state index contributed by atoms with van der Waals surface area (Å²) in [6.45, 7) is 9.15. The molecular weight excluding hydrogens is 366 g/mol. The highest BCUT2D eigenvalue weighted by molar-refractivity contribution is 5.89. The van der Waals surface area contributed by atoms with Crippen molar-refractivity contribution in [1.82, 2.24) is 15.1 Å². The van der Waals surface area contributed by atoms with Crippen LogP contribution < -0.4 is 5.32 Å². The van der Waals surface area contributed by atoms with Crippen molar-refractivity contribution < 1.29 is 28.5 Å². The fourth-order valence-electron chi connectivity index (χ4n) is 3.51. The van der Waals surface area contributed by atoms with E-state index < -0.39 is 23.5 Å². The average molecular weight is 395 g/mol. The van der Waals surface area contributed by atoms with Crippen LogP contribution in [0, 0.1) is 0 Å². The molecule has 1 amide bonds. The zero-order chi connectivity index (χ0) is 20.4. The summed E-state index contributed by atoms with van der Waals surface area (Å²) < 4.78 is 23.7. The molecular formula is C19H29N3O6. The molecule has 0 radical (unpaired) electrons. The molecule has 156 valence electrons. The maximum absolute atomic E-state index is 12.6. The summed E-state index contributed by atoms with van der Waals surface area (Å²) in [5.74, 6) is -1.10. The molecule has 1 saturated heterocycles. The zero-order valence-corrected chi connectivity index (χ0v) is 17.0. The Bertz CT molecular complexity index is 731. The van der Waals surface area contributed by atoms with Gasteiger partial charge in [0.2, 0.25) is 0 Å². The maximum atomic E-state index is 12.6. The summed E-state index contributed by atoms with van der Waals surface area (Å²) in [6, 6.07) is 0. The molecule has 1 N–H and O–H groups in total. The van der Waals surface area contributed by atoms with Gasteiger partial charge in [0.25, 0.3) is 0 Å². The van der Waals surface area contributed by atoms with Gasteiger partial charge in [0.1, 0.15) is 11.3 Å². The molecule has 0 atom stereocenters. The molecule has 0 saturated carbocycles. The van der Waals surface area contributed by atoms with Crippen molar-refractivity contribution in [2.24, 2.45) is 0 Å². The van der Waals surface area contributed by atoms with Crippen LogP contribution in [0.4, 0.5) is 4.79 Å². The number of hydrogen-bond donors (Lipinski definition) is 1. The van der Waals surface area contributed by atoms with Gasteiger partial charge in [0.15, 0.2) is 5.79 Å². The van der Waals surface area contributed by atoms with Crippen molar-refractivity contribution in [3.05, 3.63) is 17.0 Å². The van der Waals surface area contributed by atoms with Gasteiger partial charge in [0, 0.05) is 24.9 Å². The lowest BCUT2D eigenvalue weighted by molar-refractivity contribution is -0.163. The van der Waals surface area contributed by atoms with Gasteiger partial charge in [-0.1, -0.05) is 0 Å². The van der Waals surface area contributed by atoms with Gasteiger partial charge in [-0.3, -0.25) is 4.68 Å². The molecule has 28 heavy (non-hydrogen) atoms. The molecule has 1 aromatic rings. The van der Waals surface area contributed by atoms with E-state index >= 15 is 0 Å². The second-order valence-corrected chi connectivity index (χ2v) is 7.93. The van der Waals surface area contributed by atoms with Gasteiger partial charge in [-0.05, 0) is 34.1 Å². The van der Waals surface area contributed by atoms with E-state index in [2.05, 4.69) is 10.4 Å². The van der Waals surface area contributed by atoms with E-state index in [-0.39, 0.29) is 13.2 Å². The van der Waals surface area contributed by atoms with E-state index in [4.69, 9.17) is 18.9 Å². The summed E-state index contributed by atoms with van der Waals surface area (Å²) in [5.41, 5.74) is 1.50. The fourth-order valence-corrected chi connectivity index (χ4v) is 3.51. The first-order valence-corrected chi connectivity index (χ1v) is 9.73. The monoisotopic (exact) mass is 395 g/mol. The van der Waals surface area contributed by atoms with Crippen LogP contribution in [0.3, 0.4) is 0 Å². The number of hydrogen-bond acceptors (Lipinski definition) is 7. The number of alkyl carbamates (subject to hydrolysis) is 1. The number of fused-ring (bicyclic) bond motifs is 1. The molecule has 0 bridgehead atoms. The molecule has 1 aliphatic carbocycles. The Morgan fingerprint density at radius 2 is 2.00 bits per heavy atom. The van der Waals surface area contributed by atoms with E-state index in [0.717, 1.165) is 11.3 Å². The quantitative estimate of drug-likeness (QED) is 0.759. The van der Waals surface area contributed by atoms with Gasteiger partial charge in [-0.25, -0.2) is 9.59 Å². The minimum Gasteiger partial charge on any atom is -0.461 e. The van der Waals surface area contributed by atoms with Crippen LogP contribution in [0.1, 0.15) is 55.9 Å². The highest BCUT2D eigenvalue weighted by Gasteiger charge is 2.43. The number of nitrogens with one attached hydrogen (secondary N) is 1. The van der Waals surface area contributed by atoms with Crippen LogP contribution >= 0.6 is 0 Å². The Labute approximate surface area is 164 Å². The molecule has 1 aromatic heterocycles. The summed E-state index contributed by atoms with van der Waals surface area (Å²) in [5, 5.41) is 7.28. The topological polar surface area (TPSA) is 101 Å². The molecule has 3 rings (SSSR count). The Hall–Kier alpha value is -2.13. The van der Waals surface area contributed by atoms with Gasteiger partial charge in [0.05, 0.1) is 32.1 Å². The smallest absolute Gasteiger partial charge is 0.407 e. The number of aryl methyl sites for hydroxylation is 1. The first kappa shape index (κ1) is 20.6. The molecule has 1 fully saturated rings. The largest absolute Gasteiger partial charge is 0.461 e. The fraction of sp³-hybridized carbons (Fsp3) is 0.737. The number of ether oxygens (including phenoxy) is 4. The van der Waals surface area contributed by atoms with E-state index in [9.17, 15) is 9.59 Å². The number of nitrogens with zero attached hydrogens (tertiary/aromatic N) is 2. The number of rotatable bonds is 5. The lowest BCUT2D eigenvalue weighted by Crippen LogP contribution is -2.37. The Morgan fingerprint density at radius 1 is 1.29 bits per heavy atom. The van der Waals surface area contributed by atoms with E-state index in [0.29, 0.717) is 44.7 Å². The van der Waals surface area contributed by atoms with Gasteiger partial charge in [-0.15, -0.1) is 0 Å². The van der Waals surface area contributed by atoms with E-state index in [1.54, 1.807) is 32.4 Å². The van der Waals surface area contributed by atoms with Crippen molar-refractivity contribution in [3.63, 3.8) is 0 Å². The van der Waals surface area contributed by atoms with Crippen LogP contribution in [0.15, 0.2) is 0 Å². The van der Waals surface area contributed by atoms with Crippen molar-refractivity contribution in [1.29, 1.82) is 0 Å². The van der Waals surface area contributed by atoms with Crippen LogP contribution in [-0.4, -0.2) is 59.6 Å². The lowest BCUT2D eigenvalue weighted by Gasteiger charge is -2.30. The second-order valence-electron chi connectivity index (χ2n) is 7.93. The Kier molecular flexibility index (Phi) is 5.95. The third-order valence-corrected chi connectivity index (χ3v) is 4.60. The van der Waals surface area contributed by atoms with Crippen molar-refractivity contribution in [2.75, 3.05) is 26.4 Å². The molecule has 2 aliphatic rings. The predicted octanol–water partition coefficient (Wildman–Crippen LogP) is 1.82. The number of amides is 1. The normalized spacial score (nSPS) is 18.0. The predicted molar refractivity (Wildman–Crippen MR) is 99.1 cm³/mol. The van der Waals surface area contributed by atoms with Crippen LogP contribution in [0.2, 0.25) is 0 Å². The molecule has 0 aromatic carbocycles. The zero-order valence-electron chi connectivity index (χ0n) is 17.0. The Morgan fingerprint density at radius 3 is 2.64 bits per heavy atom. The first-order valence-electron chi connectivity index (χ1n) is 9.73. The number of carbonyl (C=O) groups excluding carboxylic acids is 2. The summed E-state index contributed by atoms with van der Waals surface area (Å²) in [6.07, 6.45) is 1.33. The van der Waals surface area contributed by atoms with E-state index in [1.807, 2.05) is 0 Å². The highest BCUT2D eigenvalue weighted by atomic mass is 16.7. The molecule has 0 unspecified atom stereocenters. The first-order chi connectivity index (χ1) is 13.2. The van der Waals surface area contributed by atoms with Crippen LogP contribution in [0.5, 0.6) is 0 Å². The SMILES string of the molecule is CCOC(=O)c1c2c(nn1CCNC(=O)OC(C)(C)C)CCC1(C2)OCCO1. The van der Waals surface area contributed by atoms with Crippen LogP contribution in [0.25, 0.3) is 0 Å². The second kappa shape index (κ2) is 8.08. The van der Waals surface area contributed by atoms with Gasteiger partial charge >= 0.3 is 12.1 Å². The lowest BCUT2D eigenvalue weighted by atomic mass is 9.90. The average Bonchev–Trinajstić information content (AvgIpc) is 3.18. The molecule has 1 aliphatic heterocycles. The van der Waals surface area contributed by atoms with Crippen molar-refractivity contribution in [2.45, 2.75) is 64.9 Å². The molecule has 1 spiro atoms. The van der Waals surface area contributed by atoms with E-state index in [1.165, 1.54) is 0 Å². The number of aromatic nitrogens is 2. The number of esters is 1. The van der Waals surface area contributed by atoms with Gasteiger partial charge in [-0.2, -0.15) is 5.10 Å². The third kappa shape index (κ3) is 4.64. The van der Waals surface area contributed by atoms with Crippen LogP contribution in [-0.2, 0) is 38.3 Å². The summed E-state index contributed by atoms with van der Waals surface area (Å²) in [4.78, 5) is 24.5. The maximum Gasteiger partial charge on any atom is 0.407 e. The molecule has 2 heterocycles. The summed E-state index contributed by atoms with van der Waals surface area (Å²) in [7, 11) is 0. The van der Waals surface area contributed by atoms with Gasteiger partial charge < -0.3 is 24.3 Å². The highest BCUT2D eigenvalue weighted by Crippen LogP contribution is 2.36. The third-order valence-electron chi connectivity index (χ3n) is 4.60. The standard InChI is InChI=1S/C19H29N3O6/c1-5-25-16(23)15-13-12-19(26-10-11-27-19)7-6-14(13)21-22(15)9-8-20-17(24)28-18(2,3)4/h5-12H2,1-4H3,(H,20,24). The Balaban J connectivity index is 1.75. The minimum atomic E-state index is -0.670. The molecule has 9 nitrogen and oxygen atoms in total. The number of carbonyl (C=O) groups is 2. The molecule has 9 heteroatoms. The van der Waals surface area contributed by atoms with Crippen molar-refractivity contribution in [3.8, 4) is 0 Å². The minimum absolute atomic E-state index is 0.271. The van der Waals surface area contributed by atoms with Crippen molar-refractivity contribution >= 4 is 12.1 Å².